The van der Waals surface area contributed by atoms with Gasteiger partial charge in [0.05, 0.1) is 0 Å². The van der Waals surface area contributed by atoms with E-state index in [0.717, 1.165) is 31.4 Å². The van der Waals surface area contributed by atoms with Gasteiger partial charge in [-0.25, -0.2) is 0 Å². The lowest BCUT2D eigenvalue weighted by atomic mass is 10.2. The largest absolute Gasteiger partial charge is 0.352 e. The first-order valence-corrected chi connectivity index (χ1v) is 5.47. The standard InChI is InChI=1S/C11H20N2O/c1-2-3-4-7-13-11(14)9-5-6-10(12)8-9/h5,10H,2-4,6-8,12H2,1H3,(H,13,14). The Morgan fingerprint density at radius 1 is 1.64 bits per heavy atom. The van der Waals surface area contributed by atoms with Crippen LogP contribution in [0.2, 0.25) is 0 Å². The average Bonchev–Trinajstić information content (AvgIpc) is 2.59. The summed E-state index contributed by atoms with van der Waals surface area (Å²) in [6, 6.07) is 0.159. The summed E-state index contributed by atoms with van der Waals surface area (Å²) in [7, 11) is 0. The first kappa shape index (κ1) is 11.2. The van der Waals surface area contributed by atoms with Crippen molar-refractivity contribution in [3.05, 3.63) is 11.6 Å². The monoisotopic (exact) mass is 196 g/mol. The van der Waals surface area contributed by atoms with E-state index in [1.165, 1.54) is 12.8 Å². The zero-order valence-electron chi connectivity index (χ0n) is 8.88. The zero-order chi connectivity index (χ0) is 10.4. The van der Waals surface area contributed by atoms with Crippen LogP contribution in [-0.4, -0.2) is 18.5 Å². The van der Waals surface area contributed by atoms with E-state index in [9.17, 15) is 4.79 Å². The van der Waals surface area contributed by atoms with Gasteiger partial charge in [0.1, 0.15) is 0 Å². The number of nitrogens with one attached hydrogen (secondary N) is 1. The fourth-order valence-electron chi connectivity index (χ4n) is 1.62. The number of carbonyl (C=O) groups is 1. The summed E-state index contributed by atoms with van der Waals surface area (Å²) in [5.41, 5.74) is 6.58. The van der Waals surface area contributed by atoms with Gasteiger partial charge in [-0.1, -0.05) is 25.8 Å². The lowest BCUT2D eigenvalue weighted by molar-refractivity contribution is -0.117. The first-order valence-electron chi connectivity index (χ1n) is 5.47. The fourth-order valence-corrected chi connectivity index (χ4v) is 1.62. The molecule has 0 spiro atoms. The molecule has 3 heteroatoms. The van der Waals surface area contributed by atoms with Crippen LogP contribution in [0.15, 0.2) is 11.6 Å². The molecular weight excluding hydrogens is 176 g/mol. The van der Waals surface area contributed by atoms with Crippen LogP contribution in [0.25, 0.3) is 0 Å². The lowest BCUT2D eigenvalue weighted by Crippen LogP contribution is -2.27. The van der Waals surface area contributed by atoms with Gasteiger partial charge in [0, 0.05) is 18.2 Å². The average molecular weight is 196 g/mol. The molecule has 0 fully saturated rings. The molecule has 0 radical (unpaired) electrons. The van der Waals surface area contributed by atoms with Crippen LogP contribution in [0.1, 0.15) is 39.0 Å². The molecule has 0 aromatic rings. The Morgan fingerprint density at radius 3 is 3.00 bits per heavy atom. The van der Waals surface area contributed by atoms with Gasteiger partial charge in [-0.05, 0) is 19.3 Å². The molecule has 1 amide bonds. The molecule has 0 aliphatic heterocycles. The van der Waals surface area contributed by atoms with Crippen molar-refractivity contribution in [1.29, 1.82) is 0 Å². The maximum atomic E-state index is 11.5. The molecule has 1 aliphatic rings. The maximum Gasteiger partial charge on any atom is 0.246 e. The number of carbonyl (C=O) groups excluding carboxylic acids is 1. The van der Waals surface area contributed by atoms with Crippen LogP contribution in [0, 0.1) is 0 Å². The Kier molecular flexibility index (Phi) is 4.66. The first-order chi connectivity index (χ1) is 6.74. The van der Waals surface area contributed by atoms with Gasteiger partial charge >= 0.3 is 0 Å². The van der Waals surface area contributed by atoms with E-state index in [4.69, 9.17) is 5.73 Å². The zero-order valence-corrected chi connectivity index (χ0v) is 8.88. The summed E-state index contributed by atoms with van der Waals surface area (Å²) in [4.78, 5) is 11.5. The van der Waals surface area contributed by atoms with Gasteiger partial charge in [-0.3, -0.25) is 4.79 Å². The molecule has 0 saturated carbocycles. The van der Waals surface area contributed by atoms with E-state index in [0.29, 0.717) is 0 Å². The second kappa shape index (κ2) is 5.81. The SMILES string of the molecule is CCCCCNC(=O)C1=CCC(N)C1. The van der Waals surface area contributed by atoms with E-state index in [1.54, 1.807) is 0 Å². The predicted octanol–water partition coefficient (Wildman–Crippen LogP) is 1.34. The Hall–Kier alpha value is -0.830. The van der Waals surface area contributed by atoms with Crippen molar-refractivity contribution < 1.29 is 4.79 Å². The third kappa shape index (κ3) is 3.50. The van der Waals surface area contributed by atoms with E-state index >= 15 is 0 Å². The van der Waals surface area contributed by atoms with Crippen LogP contribution < -0.4 is 11.1 Å². The molecule has 1 atom stereocenters. The highest BCUT2D eigenvalue weighted by Crippen LogP contribution is 2.16. The number of unbranched alkanes of at least 4 members (excludes halogenated alkanes) is 2. The van der Waals surface area contributed by atoms with Crippen LogP contribution in [-0.2, 0) is 4.79 Å². The molecule has 14 heavy (non-hydrogen) atoms. The summed E-state index contributed by atoms with van der Waals surface area (Å²) in [5.74, 6) is 0.0778. The minimum Gasteiger partial charge on any atom is -0.352 e. The van der Waals surface area contributed by atoms with Crippen molar-refractivity contribution in [3.63, 3.8) is 0 Å². The number of hydrogen-bond donors (Lipinski definition) is 2. The fraction of sp³-hybridized carbons (Fsp3) is 0.727. The second-order valence-corrected chi connectivity index (χ2v) is 3.89. The Balaban J connectivity index is 2.16. The maximum absolute atomic E-state index is 11.5. The molecule has 0 heterocycles. The molecule has 1 unspecified atom stereocenters. The van der Waals surface area contributed by atoms with Crippen molar-refractivity contribution in [2.45, 2.75) is 45.1 Å². The highest BCUT2D eigenvalue weighted by molar-refractivity contribution is 5.93. The Morgan fingerprint density at radius 2 is 2.43 bits per heavy atom. The van der Waals surface area contributed by atoms with Crippen molar-refractivity contribution in [1.82, 2.24) is 5.32 Å². The molecule has 1 rings (SSSR count). The summed E-state index contributed by atoms with van der Waals surface area (Å²) in [5, 5.41) is 2.92. The van der Waals surface area contributed by atoms with Crippen molar-refractivity contribution in [3.8, 4) is 0 Å². The van der Waals surface area contributed by atoms with Crippen molar-refractivity contribution in [2.24, 2.45) is 5.73 Å². The number of nitrogens with two attached hydrogens (primary N) is 1. The molecule has 0 aromatic carbocycles. The smallest absolute Gasteiger partial charge is 0.246 e. The molecule has 80 valence electrons. The van der Waals surface area contributed by atoms with Crippen molar-refractivity contribution >= 4 is 5.91 Å². The number of amides is 1. The molecule has 3 N–H and O–H groups in total. The molecule has 0 aromatic heterocycles. The van der Waals surface area contributed by atoms with Gasteiger partial charge < -0.3 is 11.1 Å². The topological polar surface area (TPSA) is 55.1 Å². The van der Waals surface area contributed by atoms with E-state index in [-0.39, 0.29) is 11.9 Å². The lowest BCUT2D eigenvalue weighted by Gasteiger charge is -2.05. The number of rotatable bonds is 5. The third-order valence-electron chi connectivity index (χ3n) is 2.51. The van der Waals surface area contributed by atoms with E-state index < -0.39 is 0 Å². The van der Waals surface area contributed by atoms with Crippen LogP contribution in [0.3, 0.4) is 0 Å². The summed E-state index contributed by atoms with van der Waals surface area (Å²) < 4.78 is 0. The van der Waals surface area contributed by atoms with E-state index in [2.05, 4.69) is 12.2 Å². The van der Waals surface area contributed by atoms with Gasteiger partial charge in [0.15, 0.2) is 0 Å². The quantitative estimate of drug-likeness (QED) is 0.652. The molecule has 0 bridgehead atoms. The van der Waals surface area contributed by atoms with E-state index in [1.807, 2.05) is 6.08 Å². The van der Waals surface area contributed by atoms with Gasteiger partial charge in [0.2, 0.25) is 5.91 Å². The van der Waals surface area contributed by atoms with Gasteiger partial charge in [0.25, 0.3) is 0 Å². The van der Waals surface area contributed by atoms with Crippen LogP contribution in [0.5, 0.6) is 0 Å². The predicted molar refractivity (Wildman–Crippen MR) is 57.8 cm³/mol. The van der Waals surface area contributed by atoms with Crippen molar-refractivity contribution in [2.75, 3.05) is 6.54 Å². The highest BCUT2D eigenvalue weighted by Gasteiger charge is 2.17. The summed E-state index contributed by atoms with van der Waals surface area (Å²) in [6.07, 6.45) is 6.97. The van der Waals surface area contributed by atoms with Gasteiger partial charge in [-0.15, -0.1) is 0 Å². The Labute approximate surface area is 85.7 Å². The third-order valence-corrected chi connectivity index (χ3v) is 2.51. The molecule has 0 saturated heterocycles. The molecule has 1 aliphatic carbocycles. The second-order valence-electron chi connectivity index (χ2n) is 3.89. The van der Waals surface area contributed by atoms with Crippen LogP contribution >= 0.6 is 0 Å². The minimum atomic E-state index is 0.0778. The Bertz CT molecular complexity index is 223. The van der Waals surface area contributed by atoms with Crippen LogP contribution in [0.4, 0.5) is 0 Å². The van der Waals surface area contributed by atoms with Gasteiger partial charge in [-0.2, -0.15) is 0 Å². The summed E-state index contributed by atoms with van der Waals surface area (Å²) >= 11 is 0. The highest BCUT2D eigenvalue weighted by atomic mass is 16.1. The minimum absolute atomic E-state index is 0.0778. The molecular formula is C11H20N2O. The summed E-state index contributed by atoms with van der Waals surface area (Å²) in [6.45, 7) is 2.94. The normalized spacial score (nSPS) is 20.7. The number of hydrogen-bond acceptors (Lipinski definition) is 2. The molecule has 3 nitrogen and oxygen atoms in total.